The van der Waals surface area contributed by atoms with Crippen LogP contribution >= 0.6 is 0 Å². The number of nitrogens with zero attached hydrogens (tertiary/aromatic N) is 3. The average Bonchev–Trinajstić information content (AvgIpc) is 3.03. The zero-order chi connectivity index (χ0) is 13.8. The van der Waals surface area contributed by atoms with E-state index in [1.54, 1.807) is 6.20 Å². The zero-order valence-electron chi connectivity index (χ0n) is 11.8. The van der Waals surface area contributed by atoms with Gasteiger partial charge in [0.05, 0.1) is 5.69 Å². The molecule has 2 aromatic rings. The Bertz CT molecular complexity index is 502. The van der Waals surface area contributed by atoms with Crippen molar-refractivity contribution >= 4 is 5.82 Å². The Hall–Kier alpha value is -1.88. The Morgan fingerprint density at radius 3 is 2.75 bits per heavy atom. The lowest BCUT2D eigenvalue weighted by molar-refractivity contribution is 0.376. The first-order valence-corrected chi connectivity index (χ1v) is 7.24. The maximum absolute atomic E-state index is 4.42. The van der Waals surface area contributed by atoms with Gasteiger partial charge in [-0.25, -0.2) is 4.98 Å². The van der Waals surface area contributed by atoms with E-state index in [0.717, 1.165) is 37.4 Å². The van der Waals surface area contributed by atoms with Crippen LogP contribution in [0.25, 0.3) is 0 Å². The molecule has 0 aromatic carbocycles. The van der Waals surface area contributed by atoms with Gasteiger partial charge in [0.1, 0.15) is 5.82 Å². The highest BCUT2D eigenvalue weighted by molar-refractivity contribution is 5.38. The highest BCUT2D eigenvalue weighted by Gasteiger charge is 2.21. The molecule has 0 bridgehead atoms. The normalized spacial score (nSPS) is 18.1. The van der Waals surface area contributed by atoms with E-state index in [9.17, 15) is 0 Å². The summed E-state index contributed by atoms with van der Waals surface area (Å²) < 4.78 is 0. The molecule has 106 valence electrons. The van der Waals surface area contributed by atoms with E-state index >= 15 is 0 Å². The fourth-order valence-corrected chi connectivity index (χ4v) is 2.77. The number of nitrogens with one attached hydrogen (secondary N) is 2. The van der Waals surface area contributed by atoms with Crippen LogP contribution in [-0.4, -0.2) is 34.3 Å². The second-order valence-electron chi connectivity index (χ2n) is 5.35. The molecule has 20 heavy (non-hydrogen) atoms. The highest BCUT2D eigenvalue weighted by atomic mass is 15.2. The average molecular weight is 271 g/mol. The van der Waals surface area contributed by atoms with Crippen LogP contribution in [0.15, 0.2) is 36.7 Å². The Morgan fingerprint density at radius 2 is 2.10 bits per heavy atom. The Morgan fingerprint density at radius 1 is 1.25 bits per heavy atom. The molecular weight excluding hydrogens is 250 g/mol. The third kappa shape index (κ3) is 2.99. The molecule has 3 rings (SSSR count). The van der Waals surface area contributed by atoms with Gasteiger partial charge in [-0.15, -0.1) is 0 Å². The quantitative estimate of drug-likeness (QED) is 0.894. The van der Waals surface area contributed by atoms with Gasteiger partial charge in [-0.05, 0) is 38.0 Å². The Balaban J connectivity index is 1.51. The lowest BCUT2D eigenvalue weighted by Gasteiger charge is -2.34. The zero-order valence-corrected chi connectivity index (χ0v) is 11.8. The number of aromatic nitrogens is 3. The molecule has 2 aromatic heterocycles. The van der Waals surface area contributed by atoms with Crippen LogP contribution in [0, 0.1) is 0 Å². The van der Waals surface area contributed by atoms with Crippen molar-refractivity contribution in [2.45, 2.75) is 31.8 Å². The van der Waals surface area contributed by atoms with Gasteiger partial charge < -0.3 is 10.2 Å². The fraction of sp³-hybridized carbons (Fsp3) is 0.467. The summed E-state index contributed by atoms with van der Waals surface area (Å²) in [6, 6.07) is 9.01. The number of H-pyrrole nitrogens is 1. The highest BCUT2D eigenvalue weighted by Crippen LogP contribution is 2.19. The van der Waals surface area contributed by atoms with Crippen molar-refractivity contribution in [3.63, 3.8) is 0 Å². The predicted molar refractivity (Wildman–Crippen MR) is 79.6 cm³/mol. The van der Waals surface area contributed by atoms with E-state index in [1.165, 1.54) is 0 Å². The summed E-state index contributed by atoms with van der Waals surface area (Å²) in [6.07, 6.45) is 5.96. The number of anilines is 1. The molecule has 5 nitrogen and oxygen atoms in total. The summed E-state index contributed by atoms with van der Waals surface area (Å²) in [5.74, 6) is 1.09. The van der Waals surface area contributed by atoms with E-state index in [0.29, 0.717) is 12.1 Å². The van der Waals surface area contributed by atoms with Gasteiger partial charge in [0.25, 0.3) is 0 Å². The van der Waals surface area contributed by atoms with E-state index in [2.05, 4.69) is 38.4 Å². The van der Waals surface area contributed by atoms with E-state index < -0.39 is 0 Å². The third-order valence-electron chi connectivity index (χ3n) is 3.94. The predicted octanol–water partition coefficient (Wildman–Crippen LogP) is 2.12. The van der Waals surface area contributed by atoms with Crippen molar-refractivity contribution in [1.29, 1.82) is 0 Å². The smallest absolute Gasteiger partial charge is 0.128 e. The maximum atomic E-state index is 4.42. The summed E-state index contributed by atoms with van der Waals surface area (Å²) in [5, 5.41) is 10.7. The molecule has 1 fully saturated rings. The van der Waals surface area contributed by atoms with Crippen molar-refractivity contribution in [1.82, 2.24) is 20.5 Å². The van der Waals surface area contributed by atoms with Gasteiger partial charge in [-0.2, -0.15) is 5.10 Å². The third-order valence-corrected chi connectivity index (χ3v) is 3.94. The minimum Gasteiger partial charge on any atom is -0.357 e. The van der Waals surface area contributed by atoms with Crippen LogP contribution in [0.5, 0.6) is 0 Å². The van der Waals surface area contributed by atoms with Gasteiger partial charge in [0.15, 0.2) is 0 Å². The van der Waals surface area contributed by atoms with Crippen LogP contribution in [0.2, 0.25) is 0 Å². The Labute approximate surface area is 119 Å². The second kappa shape index (κ2) is 6.05. The first-order chi connectivity index (χ1) is 9.83. The van der Waals surface area contributed by atoms with Crippen LogP contribution in [0.1, 0.15) is 31.5 Å². The van der Waals surface area contributed by atoms with Crippen molar-refractivity contribution in [3.8, 4) is 0 Å². The largest absolute Gasteiger partial charge is 0.357 e. The number of aromatic amines is 1. The molecule has 1 saturated heterocycles. The molecule has 0 aliphatic carbocycles. The SMILES string of the molecule is CC(NC1CCN(c2ccccn2)CC1)c1ccn[nH]1. The standard InChI is InChI=1S/C15H21N5/c1-12(14-5-9-17-19-14)18-13-6-10-20(11-7-13)15-4-2-3-8-16-15/h2-5,8-9,12-13,18H,6-7,10-11H2,1H3,(H,17,19). The van der Waals surface area contributed by atoms with E-state index in [4.69, 9.17) is 0 Å². The van der Waals surface area contributed by atoms with Gasteiger partial charge in [0, 0.05) is 37.6 Å². The number of pyridine rings is 1. The van der Waals surface area contributed by atoms with Crippen LogP contribution < -0.4 is 10.2 Å². The molecule has 1 unspecified atom stereocenters. The molecule has 0 spiro atoms. The van der Waals surface area contributed by atoms with Gasteiger partial charge in [-0.3, -0.25) is 5.10 Å². The second-order valence-corrected chi connectivity index (χ2v) is 5.35. The molecular formula is C15H21N5. The molecule has 2 N–H and O–H groups in total. The summed E-state index contributed by atoms with van der Waals surface area (Å²) >= 11 is 0. The summed E-state index contributed by atoms with van der Waals surface area (Å²) in [7, 11) is 0. The van der Waals surface area contributed by atoms with Crippen LogP contribution in [0.4, 0.5) is 5.82 Å². The van der Waals surface area contributed by atoms with Crippen LogP contribution in [0.3, 0.4) is 0 Å². The first-order valence-electron chi connectivity index (χ1n) is 7.24. The van der Waals surface area contributed by atoms with Crippen molar-refractivity contribution in [2.24, 2.45) is 0 Å². The molecule has 5 heteroatoms. The summed E-state index contributed by atoms with van der Waals surface area (Å²) in [6.45, 7) is 4.30. The van der Waals surface area contributed by atoms with E-state index in [-0.39, 0.29) is 0 Å². The fourth-order valence-electron chi connectivity index (χ4n) is 2.77. The van der Waals surface area contributed by atoms with Crippen molar-refractivity contribution in [2.75, 3.05) is 18.0 Å². The minimum atomic E-state index is 0.323. The van der Waals surface area contributed by atoms with Crippen molar-refractivity contribution in [3.05, 3.63) is 42.4 Å². The molecule has 0 radical (unpaired) electrons. The summed E-state index contributed by atoms with van der Waals surface area (Å²) in [4.78, 5) is 6.78. The summed E-state index contributed by atoms with van der Waals surface area (Å²) in [5.41, 5.74) is 1.15. The topological polar surface area (TPSA) is 56.8 Å². The number of hydrogen-bond donors (Lipinski definition) is 2. The van der Waals surface area contributed by atoms with Gasteiger partial charge >= 0.3 is 0 Å². The molecule has 1 aliphatic heterocycles. The van der Waals surface area contributed by atoms with Crippen LogP contribution in [-0.2, 0) is 0 Å². The monoisotopic (exact) mass is 271 g/mol. The molecule has 0 amide bonds. The molecule has 0 saturated carbocycles. The van der Waals surface area contributed by atoms with Crippen molar-refractivity contribution < 1.29 is 0 Å². The van der Waals surface area contributed by atoms with Gasteiger partial charge in [-0.1, -0.05) is 6.07 Å². The molecule has 1 atom stereocenters. The van der Waals surface area contributed by atoms with E-state index in [1.807, 2.05) is 24.4 Å². The maximum Gasteiger partial charge on any atom is 0.128 e. The first kappa shape index (κ1) is 13.1. The minimum absolute atomic E-state index is 0.323. The lowest BCUT2D eigenvalue weighted by Crippen LogP contribution is -2.43. The lowest BCUT2D eigenvalue weighted by atomic mass is 10.0. The number of hydrogen-bond acceptors (Lipinski definition) is 4. The van der Waals surface area contributed by atoms with Gasteiger partial charge in [0.2, 0.25) is 0 Å². The molecule has 1 aliphatic rings. The Kier molecular flexibility index (Phi) is 3.97. The number of piperidine rings is 1. The number of rotatable bonds is 4. The molecule has 3 heterocycles.